The van der Waals surface area contributed by atoms with E-state index in [9.17, 15) is 29.1 Å². The van der Waals surface area contributed by atoms with E-state index in [4.69, 9.17) is 10.8 Å². The van der Waals surface area contributed by atoms with Gasteiger partial charge < -0.3 is 31.5 Å². The van der Waals surface area contributed by atoms with Gasteiger partial charge in [0.15, 0.2) is 0 Å². The quantitative estimate of drug-likeness (QED) is 0.291. The van der Waals surface area contributed by atoms with Crippen molar-refractivity contribution >= 4 is 29.7 Å². The molecule has 2 rings (SSSR count). The lowest BCUT2D eigenvalue weighted by molar-refractivity contribution is -0.145. The number of benzene rings is 1. The van der Waals surface area contributed by atoms with Crippen molar-refractivity contribution in [1.29, 1.82) is 0 Å². The minimum absolute atomic E-state index is 0.0776. The summed E-state index contributed by atoms with van der Waals surface area (Å²) < 4.78 is 0. The molecule has 1 aliphatic rings. The largest absolute Gasteiger partial charge is 0.481 e. The Morgan fingerprint density at radius 2 is 1.76 bits per heavy atom. The smallest absolute Gasteiger partial charge is 0.326 e. The first kappa shape index (κ1) is 25.8. The molecular formula is C22H30N4O7. The molecule has 0 aliphatic carbocycles. The number of hydrogen-bond donors (Lipinski definition) is 5. The van der Waals surface area contributed by atoms with Crippen LogP contribution in [0.2, 0.25) is 0 Å². The maximum Gasteiger partial charge on any atom is 0.326 e. The molecule has 1 aromatic rings. The first-order valence-electron chi connectivity index (χ1n) is 10.8. The molecule has 1 aromatic carbocycles. The van der Waals surface area contributed by atoms with Gasteiger partial charge in [0, 0.05) is 19.4 Å². The molecule has 11 nitrogen and oxygen atoms in total. The van der Waals surface area contributed by atoms with Crippen molar-refractivity contribution in [3.63, 3.8) is 0 Å². The third-order valence-corrected chi connectivity index (χ3v) is 5.41. The summed E-state index contributed by atoms with van der Waals surface area (Å²) in [6.45, 7) is 1.66. The summed E-state index contributed by atoms with van der Waals surface area (Å²) in [5, 5.41) is 23.5. The first-order valence-corrected chi connectivity index (χ1v) is 10.8. The van der Waals surface area contributed by atoms with E-state index in [0.717, 1.165) is 5.56 Å². The van der Waals surface area contributed by atoms with Gasteiger partial charge in [-0.25, -0.2) is 4.79 Å². The highest BCUT2D eigenvalue weighted by Crippen LogP contribution is 2.20. The molecule has 180 valence electrons. The number of nitrogens with one attached hydrogen (secondary N) is 2. The second kappa shape index (κ2) is 12.0. The highest BCUT2D eigenvalue weighted by molar-refractivity contribution is 5.94. The summed E-state index contributed by atoms with van der Waals surface area (Å²) in [5.74, 6) is -4.17. The van der Waals surface area contributed by atoms with Gasteiger partial charge in [0.05, 0.1) is 6.04 Å². The molecule has 0 spiro atoms. The summed E-state index contributed by atoms with van der Waals surface area (Å²) in [5.41, 5.74) is 6.28. The minimum Gasteiger partial charge on any atom is -0.481 e. The molecule has 0 saturated carbocycles. The molecule has 0 aromatic heterocycles. The third-order valence-electron chi connectivity index (χ3n) is 5.41. The van der Waals surface area contributed by atoms with E-state index < -0.39 is 53.8 Å². The van der Waals surface area contributed by atoms with Gasteiger partial charge in [-0.15, -0.1) is 0 Å². The van der Waals surface area contributed by atoms with Crippen molar-refractivity contribution in [3.05, 3.63) is 35.9 Å². The Hall–Kier alpha value is -3.47. The molecule has 3 amide bonds. The molecule has 1 aliphatic heterocycles. The number of carboxylic acid groups (broad SMARTS) is 2. The van der Waals surface area contributed by atoms with Crippen molar-refractivity contribution in [2.75, 3.05) is 6.54 Å². The van der Waals surface area contributed by atoms with Crippen LogP contribution in [0.3, 0.4) is 0 Å². The van der Waals surface area contributed by atoms with Crippen LogP contribution in [0.1, 0.15) is 38.2 Å². The number of hydrogen-bond acceptors (Lipinski definition) is 6. The lowest BCUT2D eigenvalue weighted by atomic mass is 10.0. The number of carbonyl (C=O) groups excluding carboxylic acids is 3. The van der Waals surface area contributed by atoms with Gasteiger partial charge in [-0.05, 0) is 31.7 Å². The summed E-state index contributed by atoms with van der Waals surface area (Å²) in [6, 6.07) is 4.66. The monoisotopic (exact) mass is 462 g/mol. The summed E-state index contributed by atoms with van der Waals surface area (Å²) in [6.07, 6.45) is 0.380. The Labute approximate surface area is 191 Å². The second-order valence-corrected chi connectivity index (χ2v) is 8.06. The SMILES string of the molecule is CC(N)C(=O)NC(CCC(=O)O)C(=O)N1CCCC1C(=O)NC(Cc1ccccc1)C(=O)O. The van der Waals surface area contributed by atoms with Crippen LogP contribution in [-0.4, -0.2) is 75.5 Å². The molecule has 1 saturated heterocycles. The number of carboxylic acids is 2. The fraction of sp³-hybridized carbons (Fsp3) is 0.500. The van der Waals surface area contributed by atoms with E-state index in [2.05, 4.69) is 10.6 Å². The Morgan fingerprint density at radius 3 is 2.33 bits per heavy atom. The number of nitrogens with two attached hydrogens (primary N) is 1. The van der Waals surface area contributed by atoms with Crippen LogP contribution in [0.15, 0.2) is 30.3 Å². The number of amides is 3. The predicted molar refractivity (Wildman–Crippen MR) is 117 cm³/mol. The number of nitrogens with zero attached hydrogens (tertiary/aromatic N) is 1. The van der Waals surface area contributed by atoms with E-state index in [1.165, 1.54) is 11.8 Å². The lowest BCUT2D eigenvalue weighted by Gasteiger charge is -2.29. The second-order valence-electron chi connectivity index (χ2n) is 8.06. The zero-order valence-electron chi connectivity index (χ0n) is 18.4. The standard InChI is InChI=1S/C22H30N4O7/c1-13(23)19(29)24-15(9-10-18(27)28)21(31)26-11-5-8-17(26)20(30)25-16(22(32)33)12-14-6-3-2-4-7-14/h2-4,6-7,13,15-17H,5,8-12,23H2,1H3,(H,24,29)(H,25,30)(H,27,28)(H,32,33). The summed E-state index contributed by atoms with van der Waals surface area (Å²) in [4.78, 5) is 62.0. The molecule has 4 unspecified atom stereocenters. The normalized spacial score (nSPS) is 18.1. The maximum atomic E-state index is 13.1. The van der Waals surface area contributed by atoms with Crippen molar-refractivity contribution in [2.45, 2.75) is 63.2 Å². The Bertz CT molecular complexity index is 875. The van der Waals surface area contributed by atoms with Crippen molar-refractivity contribution in [3.8, 4) is 0 Å². The number of carbonyl (C=O) groups is 5. The van der Waals surface area contributed by atoms with E-state index in [1.54, 1.807) is 30.3 Å². The van der Waals surface area contributed by atoms with Gasteiger partial charge in [0.25, 0.3) is 0 Å². The topological polar surface area (TPSA) is 179 Å². The highest BCUT2D eigenvalue weighted by atomic mass is 16.4. The molecule has 0 bridgehead atoms. The Kier molecular flexibility index (Phi) is 9.34. The lowest BCUT2D eigenvalue weighted by Crippen LogP contribution is -2.56. The minimum atomic E-state index is -1.20. The summed E-state index contributed by atoms with van der Waals surface area (Å²) in [7, 11) is 0. The van der Waals surface area contributed by atoms with Gasteiger partial charge in [0.1, 0.15) is 18.1 Å². The third kappa shape index (κ3) is 7.56. The zero-order chi connectivity index (χ0) is 24.5. The van der Waals surface area contributed by atoms with Gasteiger partial charge >= 0.3 is 11.9 Å². The molecule has 6 N–H and O–H groups in total. The van der Waals surface area contributed by atoms with Crippen LogP contribution in [-0.2, 0) is 30.4 Å². The molecule has 0 radical (unpaired) electrons. The van der Waals surface area contributed by atoms with E-state index in [1.807, 2.05) is 0 Å². The van der Waals surface area contributed by atoms with Crippen molar-refractivity contribution in [1.82, 2.24) is 15.5 Å². The molecule has 1 fully saturated rings. The van der Waals surface area contributed by atoms with Gasteiger partial charge in [0.2, 0.25) is 17.7 Å². The molecule has 4 atom stereocenters. The molecule has 33 heavy (non-hydrogen) atoms. The zero-order valence-corrected chi connectivity index (χ0v) is 18.4. The van der Waals surface area contributed by atoms with Crippen LogP contribution < -0.4 is 16.4 Å². The maximum absolute atomic E-state index is 13.1. The molecular weight excluding hydrogens is 432 g/mol. The summed E-state index contributed by atoms with van der Waals surface area (Å²) >= 11 is 0. The van der Waals surface area contributed by atoms with E-state index in [-0.39, 0.29) is 25.8 Å². The number of rotatable bonds is 11. The van der Waals surface area contributed by atoms with Gasteiger partial charge in [-0.3, -0.25) is 19.2 Å². The fourth-order valence-electron chi connectivity index (χ4n) is 3.65. The first-order chi connectivity index (χ1) is 15.6. The van der Waals surface area contributed by atoms with Crippen molar-refractivity contribution in [2.24, 2.45) is 5.73 Å². The Balaban J connectivity index is 2.12. The van der Waals surface area contributed by atoms with Crippen LogP contribution >= 0.6 is 0 Å². The number of likely N-dealkylation sites (tertiary alicyclic amines) is 1. The van der Waals surface area contributed by atoms with Crippen molar-refractivity contribution < 1.29 is 34.2 Å². The van der Waals surface area contributed by atoms with Crippen LogP contribution in [0.5, 0.6) is 0 Å². The average molecular weight is 463 g/mol. The van der Waals surface area contributed by atoms with E-state index >= 15 is 0 Å². The highest BCUT2D eigenvalue weighted by Gasteiger charge is 2.39. The van der Waals surface area contributed by atoms with Gasteiger partial charge in [-0.1, -0.05) is 30.3 Å². The number of aliphatic carboxylic acids is 2. The van der Waals surface area contributed by atoms with Crippen LogP contribution in [0.25, 0.3) is 0 Å². The van der Waals surface area contributed by atoms with Crippen LogP contribution in [0, 0.1) is 0 Å². The van der Waals surface area contributed by atoms with Crippen LogP contribution in [0.4, 0.5) is 0 Å². The van der Waals surface area contributed by atoms with E-state index in [0.29, 0.717) is 12.8 Å². The van der Waals surface area contributed by atoms with Gasteiger partial charge in [-0.2, -0.15) is 0 Å². The molecule has 11 heteroatoms. The predicted octanol–water partition coefficient (Wildman–Crippen LogP) is -0.514. The molecule has 1 heterocycles. The average Bonchev–Trinajstić information content (AvgIpc) is 3.26. The fourth-order valence-corrected chi connectivity index (χ4v) is 3.65. The Morgan fingerprint density at radius 1 is 1.09 bits per heavy atom.